The van der Waals surface area contributed by atoms with Gasteiger partial charge in [0.25, 0.3) is 0 Å². The first-order valence-electron chi connectivity index (χ1n) is 7.91. The molecule has 1 heterocycles. The molecule has 0 aliphatic rings. The lowest BCUT2D eigenvalue weighted by atomic mass is 10.2. The topological polar surface area (TPSA) is 76.7 Å². The highest BCUT2D eigenvalue weighted by atomic mass is 16.5. The van der Waals surface area contributed by atoms with Crippen LogP contribution in [0.4, 0.5) is 0 Å². The second kappa shape index (κ2) is 8.68. The molecule has 0 radical (unpaired) electrons. The second-order valence-corrected chi connectivity index (χ2v) is 5.80. The minimum atomic E-state index is -0.475. The van der Waals surface area contributed by atoms with E-state index in [1.165, 1.54) is 18.2 Å². The zero-order valence-corrected chi connectivity index (χ0v) is 14.1. The van der Waals surface area contributed by atoms with E-state index in [0.29, 0.717) is 18.1 Å². The minimum Gasteiger partial charge on any atom is -0.507 e. The van der Waals surface area contributed by atoms with Crippen LogP contribution in [-0.4, -0.2) is 17.7 Å². The van der Waals surface area contributed by atoms with Crippen LogP contribution in [0.15, 0.2) is 69.9 Å². The van der Waals surface area contributed by atoms with E-state index in [9.17, 15) is 14.7 Å². The summed E-state index contributed by atoms with van der Waals surface area (Å²) in [4.78, 5) is 22.1. The molecule has 0 aliphatic heterocycles. The van der Waals surface area contributed by atoms with Crippen molar-refractivity contribution in [2.24, 2.45) is 5.92 Å². The van der Waals surface area contributed by atoms with Crippen molar-refractivity contribution in [1.82, 2.24) is 0 Å². The summed E-state index contributed by atoms with van der Waals surface area (Å²) in [6, 6.07) is 16.9. The summed E-state index contributed by atoms with van der Waals surface area (Å²) in [6.07, 6.45) is 0. The van der Waals surface area contributed by atoms with E-state index in [2.05, 4.69) is 0 Å². The van der Waals surface area contributed by atoms with E-state index >= 15 is 0 Å². The van der Waals surface area contributed by atoms with E-state index in [-0.39, 0.29) is 16.9 Å². The van der Waals surface area contributed by atoms with Crippen molar-refractivity contribution in [3.05, 3.63) is 76.6 Å². The Bertz CT molecular complexity index is 895. The number of hydrogen-bond donors (Lipinski definition) is 1. The minimum absolute atomic E-state index is 0.0405. The Morgan fingerprint density at radius 2 is 1.72 bits per heavy atom. The Morgan fingerprint density at radius 3 is 2.44 bits per heavy atom. The Labute approximate surface area is 145 Å². The lowest BCUT2D eigenvalue weighted by molar-refractivity contribution is 0.0455. The third-order valence-electron chi connectivity index (χ3n) is 3.20. The van der Waals surface area contributed by atoms with Crippen molar-refractivity contribution in [2.45, 2.75) is 13.8 Å². The van der Waals surface area contributed by atoms with Gasteiger partial charge in [0.05, 0.1) is 6.61 Å². The van der Waals surface area contributed by atoms with Crippen molar-refractivity contribution in [2.75, 3.05) is 6.61 Å². The number of carbonyl (C=O) groups is 1. The fourth-order valence-corrected chi connectivity index (χ4v) is 1.98. The van der Waals surface area contributed by atoms with E-state index in [1.54, 1.807) is 24.3 Å². The Hall–Kier alpha value is -3.08. The summed E-state index contributed by atoms with van der Waals surface area (Å²) in [5.74, 6) is -0.220. The number of phenols is 1. The van der Waals surface area contributed by atoms with Gasteiger partial charge >= 0.3 is 11.6 Å². The van der Waals surface area contributed by atoms with Gasteiger partial charge in [0.2, 0.25) is 0 Å². The zero-order chi connectivity index (χ0) is 18.2. The Kier molecular flexibility index (Phi) is 6.34. The normalized spacial score (nSPS) is 10.2. The molecule has 1 aromatic heterocycles. The van der Waals surface area contributed by atoms with Gasteiger partial charge in [-0.15, -0.1) is 0 Å². The SMILES string of the molecule is CC(C)COC(=O)c1ccccc1O.O=c1ccc2ccccc2o1. The highest BCUT2D eigenvalue weighted by Crippen LogP contribution is 2.16. The Morgan fingerprint density at radius 1 is 1.04 bits per heavy atom. The molecule has 3 aromatic rings. The number of fused-ring (bicyclic) bond motifs is 1. The van der Waals surface area contributed by atoms with Crippen molar-refractivity contribution in [3.63, 3.8) is 0 Å². The number of rotatable bonds is 3. The van der Waals surface area contributed by atoms with Crippen molar-refractivity contribution in [3.8, 4) is 5.75 Å². The average molecular weight is 340 g/mol. The molecule has 1 N–H and O–H groups in total. The molecule has 0 fully saturated rings. The number of phenolic OH excluding ortho intramolecular Hbond substituents is 1. The van der Waals surface area contributed by atoms with Gasteiger partial charge in [0.15, 0.2) is 0 Å². The quantitative estimate of drug-likeness (QED) is 0.576. The van der Waals surface area contributed by atoms with Crippen LogP contribution in [-0.2, 0) is 4.74 Å². The number of benzene rings is 2. The molecule has 2 aromatic carbocycles. The fraction of sp³-hybridized carbons (Fsp3) is 0.200. The Balaban J connectivity index is 0.000000185. The maximum Gasteiger partial charge on any atom is 0.341 e. The summed E-state index contributed by atoms with van der Waals surface area (Å²) < 4.78 is 9.88. The summed E-state index contributed by atoms with van der Waals surface area (Å²) in [6.45, 7) is 4.28. The molecule has 0 unspecified atom stereocenters. The molecule has 3 rings (SSSR count). The molecule has 5 nitrogen and oxygen atoms in total. The van der Waals surface area contributed by atoms with Crippen LogP contribution >= 0.6 is 0 Å². The lowest BCUT2D eigenvalue weighted by Crippen LogP contribution is -2.10. The molecule has 0 amide bonds. The number of para-hydroxylation sites is 2. The summed E-state index contributed by atoms with van der Waals surface area (Å²) in [5.41, 5.74) is 0.553. The van der Waals surface area contributed by atoms with Crippen molar-refractivity contribution < 1.29 is 19.1 Å². The summed E-state index contributed by atoms with van der Waals surface area (Å²) >= 11 is 0. The molecule has 0 saturated heterocycles. The molecule has 130 valence electrons. The molecule has 0 aliphatic carbocycles. The van der Waals surface area contributed by atoms with Gasteiger partial charge in [-0.05, 0) is 30.2 Å². The molecule has 0 spiro atoms. The summed E-state index contributed by atoms with van der Waals surface area (Å²) in [5, 5.41) is 10.3. The van der Waals surface area contributed by atoms with Gasteiger partial charge < -0.3 is 14.3 Å². The molecule has 0 bridgehead atoms. The first-order valence-corrected chi connectivity index (χ1v) is 7.91. The first kappa shape index (κ1) is 18.3. The number of carbonyl (C=O) groups excluding carboxylic acids is 1. The third kappa shape index (κ3) is 5.49. The molecular formula is C20H20O5. The maximum atomic E-state index is 11.4. The fourth-order valence-electron chi connectivity index (χ4n) is 1.98. The number of aromatic hydroxyl groups is 1. The lowest BCUT2D eigenvalue weighted by Gasteiger charge is -2.07. The largest absolute Gasteiger partial charge is 0.507 e. The van der Waals surface area contributed by atoms with Crippen LogP contribution in [0.5, 0.6) is 5.75 Å². The molecule has 5 heteroatoms. The van der Waals surface area contributed by atoms with Gasteiger partial charge in [-0.25, -0.2) is 9.59 Å². The molecule has 0 atom stereocenters. The van der Waals surface area contributed by atoms with Crippen LogP contribution in [0.25, 0.3) is 11.0 Å². The predicted octanol–water partition coefficient (Wildman–Crippen LogP) is 4.00. The van der Waals surface area contributed by atoms with Gasteiger partial charge in [-0.3, -0.25) is 0 Å². The van der Waals surface area contributed by atoms with Gasteiger partial charge in [-0.1, -0.05) is 44.2 Å². The standard InChI is InChI=1S/C11H14O3.C9H6O2/c1-8(2)7-14-11(13)9-5-3-4-6-10(9)12;10-9-6-5-7-3-1-2-4-8(7)11-9/h3-6,8,12H,7H2,1-2H3;1-6H. The monoisotopic (exact) mass is 340 g/mol. The third-order valence-corrected chi connectivity index (χ3v) is 3.20. The van der Waals surface area contributed by atoms with Gasteiger partial charge in [0, 0.05) is 11.5 Å². The predicted molar refractivity (Wildman–Crippen MR) is 95.7 cm³/mol. The van der Waals surface area contributed by atoms with Crippen molar-refractivity contribution in [1.29, 1.82) is 0 Å². The van der Waals surface area contributed by atoms with Gasteiger partial charge in [-0.2, -0.15) is 0 Å². The molecule has 25 heavy (non-hydrogen) atoms. The number of ether oxygens (including phenoxy) is 1. The molecule has 0 saturated carbocycles. The number of esters is 1. The van der Waals surface area contributed by atoms with E-state index < -0.39 is 5.97 Å². The van der Waals surface area contributed by atoms with E-state index in [4.69, 9.17) is 9.15 Å². The van der Waals surface area contributed by atoms with Crippen LogP contribution in [0, 0.1) is 5.92 Å². The maximum absolute atomic E-state index is 11.4. The zero-order valence-electron chi connectivity index (χ0n) is 14.1. The van der Waals surface area contributed by atoms with Crippen LogP contribution in [0.2, 0.25) is 0 Å². The van der Waals surface area contributed by atoms with Crippen LogP contribution in [0.3, 0.4) is 0 Å². The average Bonchev–Trinajstić information content (AvgIpc) is 2.60. The van der Waals surface area contributed by atoms with Crippen molar-refractivity contribution >= 4 is 16.9 Å². The summed E-state index contributed by atoms with van der Waals surface area (Å²) in [7, 11) is 0. The smallest absolute Gasteiger partial charge is 0.341 e. The number of hydrogen-bond acceptors (Lipinski definition) is 5. The molecular weight excluding hydrogens is 320 g/mol. The van der Waals surface area contributed by atoms with Gasteiger partial charge in [0.1, 0.15) is 16.9 Å². The second-order valence-electron chi connectivity index (χ2n) is 5.80. The van der Waals surface area contributed by atoms with Crippen LogP contribution < -0.4 is 5.63 Å². The van der Waals surface area contributed by atoms with Crippen LogP contribution in [0.1, 0.15) is 24.2 Å². The highest BCUT2D eigenvalue weighted by molar-refractivity contribution is 5.92. The highest BCUT2D eigenvalue weighted by Gasteiger charge is 2.11. The van der Waals surface area contributed by atoms with E-state index in [1.807, 2.05) is 32.0 Å². The van der Waals surface area contributed by atoms with E-state index in [0.717, 1.165) is 5.39 Å². The first-order chi connectivity index (χ1) is 12.0.